The Labute approximate surface area is 117 Å². The SMILES string of the molecule is C=CCCCCCCC.CC=CCCCCCC. The van der Waals surface area contributed by atoms with Crippen molar-refractivity contribution >= 4 is 0 Å². The Morgan fingerprint density at radius 2 is 1.22 bits per heavy atom. The first kappa shape index (κ1) is 19.8. The van der Waals surface area contributed by atoms with Crippen LogP contribution in [-0.4, -0.2) is 0 Å². The molecule has 18 heavy (non-hydrogen) atoms. The van der Waals surface area contributed by atoms with Crippen LogP contribution in [0.3, 0.4) is 0 Å². The van der Waals surface area contributed by atoms with Crippen LogP contribution in [0.1, 0.15) is 91.4 Å². The molecule has 0 heterocycles. The molecule has 0 nitrogen and oxygen atoms in total. The van der Waals surface area contributed by atoms with Crippen LogP contribution in [0.5, 0.6) is 0 Å². The van der Waals surface area contributed by atoms with Gasteiger partial charge in [0, 0.05) is 0 Å². The van der Waals surface area contributed by atoms with Gasteiger partial charge in [-0.1, -0.05) is 77.0 Å². The lowest BCUT2D eigenvalue weighted by Gasteiger charge is -1.94. The van der Waals surface area contributed by atoms with Gasteiger partial charge >= 0.3 is 0 Å². The van der Waals surface area contributed by atoms with E-state index in [4.69, 9.17) is 0 Å². The van der Waals surface area contributed by atoms with Crippen molar-refractivity contribution in [1.29, 1.82) is 0 Å². The molecular formula is C18H36. The predicted molar refractivity (Wildman–Crippen MR) is 87.1 cm³/mol. The van der Waals surface area contributed by atoms with Gasteiger partial charge in [0.05, 0.1) is 0 Å². The first-order valence-corrected chi connectivity index (χ1v) is 8.05. The topological polar surface area (TPSA) is 0 Å². The summed E-state index contributed by atoms with van der Waals surface area (Å²) >= 11 is 0. The van der Waals surface area contributed by atoms with Crippen molar-refractivity contribution in [2.75, 3.05) is 0 Å². The molecule has 0 aliphatic rings. The molecule has 0 unspecified atom stereocenters. The molecule has 0 saturated carbocycles. The number of allylic oxidation sites excluding steroid dienone is 3. The van der Waals surface area contributed by atoms with Crippen molar-refractivity contribution in [1.82, 2.24) is 0 Å². The van der Waals surface area contributed by atoms with Crippen molar-refractivity contribution in [2.45, 2.75) is 91.4 Å². The predicted octanol–water partition coefficient (Wildman–Crippen LogP) is 7.07. The molecule has 0 amide bonds. The molecule has 108 valence electrons. The second kappa shape index (κ2) is 21.7. The summed E-state index contributed by atoms with van der Waals surface area (Å²) in [5.74, 6) is 0. The Balaban J connectivity index is 0. The largest absolute Gasteiger partial charge is 0.103 e. The zero-order chi connectivity index (χ0) is 13.9. The Bertz CT molecular complexity index is 155. The molecule has 0 fully saturated rings. The van der Waals surface area contributed by atoms with Crippen LogP contribution in [-0.2, 0) is 0 Å². The summed E-state index contributed by atoms with van der Waals surface area (Å²) in [5, 5.41) is 0. The fraction of sp³-hybridized carbons (Fsp3) is 0.778. The molecule has 0 atom stereocenters. The van der Waals surface area contributed by atoms with E-state index in [1.807, 2.05) is 6.08 Å². The zero-order valence-electron chi connectivity index (χ0n) is 13.2. The minimum Gasteiger partial charge on any atom is -0.103 e. The molecule has 0 saturated heterocycles. The Morgan fingerprint density at radius 3 is 1.72 bits per heavy atom. The first-order chi connectivity index (χ1) is 8.83. The maximum absolute atomic E-state index is 3.68. The van der Waals surface area contributed by atoms with Gasteiger partial charge in [0.25, 0.3) is 0 Å². The van der Waals surface area contributed by atoms with Gasteiger partial charge in [0.15, 0.2) is 0 Å². The van der Waals surface area contributed by atoms with Crippen molar-refractivity contribution in [2.24, 2.45) is 0 Å². The molecule has 0 spiro atoms. The third-order valence-corrected chi connectivity index (χ3v) is 2.97. The van der Waals surface area contributed by atoms with Crippen LogP contribution in [0, 0.1) is 0 Å². The summed E-state index contributed by atoms with van der Waals surface area (Å²) in [6, 6.07) is 0. The quantitative estimate of drug-likeness (QED) is 0.272. The third kappa shape index (κ3) is 24.6. The first-order valence-electron chi connectivity index (χ1n) is 8.05. The van der Waals surface area contributed by atoms with E-state index < -0.39 is 0 Å². The molecule has 0 radical (unpaired) electrons. The fourth-order valence-corrected chi connectivity index (χ4v) is 1.75. The van der Waals surface area contributed by atoms with Gasteiger partial charge < -0.3 is 0 Å². The monoisotopic (exact) mass is 252 g/mol. The average molecular weight is 252 g/mol. The van der Waals surface area contributed by atoms with Crippen molar-refractivity contribution in [3.8, 4) is 0 Å². The van der Waals surface area contributed by atoms with Crippen LogP contribution in [0.15, 0.2) is 24.8 Å². The summed E-state index contributed by atoms with van der Waals surface area (Å²) in [6.07, 6.45) is 21.2. The Hall–Kier alpha value is -0.520. The van der Waals surface area contributed by atoms with Gasteiger partial charge in [-0.15, -0.1) is 6.58 Å². The van der Waals surface area contributed by atoms with Gasteiger partial charge in [-0.3, -0.25) is 0 Å². The highest BCUT2D eigenvalue weighted by atomic mass is 13.9. The van der Waals surface area contributed by atoms with Gasteiger partial charge in [-0.2, -0.15) is 0 Å². The summed E-state index contributed by atoms with van der Waals surface area (Å²) < 4.78 is 0. The highest BCUT2D eigenvalue weighted by Gasteiger charge is 1.84. The van der Waals surface area contributed by atoms with Gasteiger partial charge in [0.1, 0.15) is 0 Å². The van der Waals surface area contributed by atoms with Crippen LogP contribution in [0.4, 0.5) is 0 Å². The molecule has 0 aliphatic carbocycles. The van der Waals surface area contributed by atoms with Crippen LogP contribution in [0.25, 0.3) is 0 Å². The number of rotatable bonds is 11. The normalized spacial score (nSPS) is 10.2. The Kier molecular flexibility index (Phi) is 23.9. The minimum absolute atomic E-state index is 1.20. The lowest BCUT2D eigenvalue weighted by atomic mass is 10.1. The van der Waals surface area contributed by atoms with E-state index >= 15 is 0 Å². The molecule has 0 bridgehead atoms. The average Bonchev–Trinajstić information content (AvgIpc) is 2.39. The maximum Gasteiger partial charge on any atom is -0.0351 e. The standard InChI is InChI=1S/2C9H18/c2*1-3-5-7-9-8-6-4-2/h3,5H,4,6-9H2,1-2H3;3H,1,4-9H2,2H3. The van der Waals surface area contributed by atoms with E-state index in [-0.39, 0.29) is 0 Å². The zero-order valence-corrected chi connectivity index (χ0v) is 13.2. The molecule has 0 heteroatoms. The highest BCUT2D eigenvalue weighted by molar-refractivity contribution is 4.75. The molecule has 0 rings (SSSR count). The van der Waals surface area contributed by atoms with Gasteiger partial charge in [-0.25, -0.2) is 0 Å². The lowest BCUT2D eigenvalue weighted by molar-refractivity contribution is 0.638. The highest BCUT2D eigenvalue weighted by Crippen LogP contribution is 2.04. The van der Waals surface area contributed by atoms with E-state index in [1.165, 1.54) is 70.6 Å². The van der Waals surface area contributed by atoms with E-state index in [1.54, 1.807) is 0 Å². The van der Waals surface area contributed by atoms with Gasteiger partial charge in [-0.05, 0) is 32.6 Å². The molecule has 0 aromatic carbocycles. The molecule has 0 aromatic rings. The van der Waals surface area contributed by atoms with Crippen LogP contribution >= 0.6 is 0 Å². The smallest absolute Gasteiger partial charge is 0.0351 e. The summed E-state index contributed by atoms with van der Waals surface area (Å²) in [4.78, 5) is 0. The number of hydrogen-bond donors (Lipinski definition) is 0. The lowest BCUT2D eigenvalue weighted by Crippen LogP contribution is -1.74. The minimum atomic E-state index is 1.20. The maximum atomic E-state index is 3.68. The Morgan fingerprint density at radius 1 is 0.722 bits per heavy atom. The van der Waals surface area contributed by atoms with Crippen molar-refractivity contribution < 1.29 is 0 Å². The van der Waals surface area contributed by atoms with E-state index in [0.29, 0.717) is 0 Å². The summed E-state index contributed by atoms with van der Waals surface area (Å²) in [5.41, 5.74) is 0. The van der Waals surface area contributed by atoms with Crippen molar-refractivity contribution in [3.63, 3.8) is 0 Å². The van der Waals surface area contributed by atoms with E-state index in [2.05, 4.69) is 39.5 Å². The number of hydrogen-bond acceptors (Lipinski definition) is 0. The molecule has 0 aromatic heterocycles. The second-order valence-corrected chi connectivity index (χ2v) is 4.91. The summed E-state index contributed by atoms with van der Waals surface area (Å²) in [7, 11) is 0. The van der Waals surface area contributed by atoms with E-state index in [0.717, 1.165) is 0 Å². The molecule has 0 aliphatic heterocycles. The van der Waals surface area contributed by atoms with Crippen LogP contribution in [0.2, 0.25) is 0 Å². The summed E-state index contributed by atoms with van der Waals surface area (Å²) in [6.45, 7) is 10.3. The second-order valence-electron chi connectivity index (χ2n) is 4.91. The van der Waals surface area contributed by atoms with Crippen molar-refractivity contribution in [3.05, 3.63) is 24.8 Å². The fourth-order valence-electron chi connectivity index (χ4n) is 1.75. The molecule has 0 N–H and O–H groups in total. The molecular weight excluding hydrogens is 216 g/mol. The van der Waals surface area contributed by atoms with E-state index in [9.17, 15) is 0 Å². The van der Waals surface area contributed by atoms with Gasteiger partial charge in [0.2, 0.25) is 0 Å². The van der Waals surface area contributed by atoms with Crippen LogP contribution < -0.4 is 0 Å². The third-order valence-electron chi connectivity index (χ3n) is 2.97. The number of unbranched alkanes of at least 4 members (excludes halogenated alkanes) is 9.